The molecule has 1 heterocycles. The summed E-state index contributed by atoms with van der Waals surface area (Å²) in [6, 6.07) is -0.230. The van der Waals surface area contributed by atoms with Gasteiger partial charge in [-0.25, -0.2) is 4.79 Å². The minimum Gasteiger partial charge on any atom is -0.481 e. The van der Waals surface area contributed by atoms with E-state index in [0.717, 1.165) is 25.9 Å². The van der Waals surface area contributed by atoms with Gasteiger partial charge < -0.3 is 20.1 Å². The Balaban J connectivity index is 2.09. The molecule has 2 N–H and O–H groups in total. The lowest BCUT2D eigenvalue weighted by Crippen LogP contribution is -2.39. The van der Waals surface area contributed by atoms with Crippen molar-refractivity contribution in [1.29, 1.82) is 0 Å². The van der Waals surface area contributed by atoms with Crippen LogP contribution >= 0.6 is 0 Å². The molecule has 2 amide bonds. The maximum absolute atomic E-state index is 11.6. The van der Waals surface area contributed by atoms with Crippen molar-refractivity contribution >= 4 is 12.0 Å². The molecule has 0 aliphatic carbocycles. The number of carbonyl (C=O) groups excluding carboxylic acids is 1. The molecular weight excluding hydrogens is 236 g/mol. The van der Waals surface area contributed by atoms with Crippen LogP contribution in [0.2, 0.25) is 0 Å². The lowest BCUT2D eigenvalue weighted by molar-refractivity contribution is -0.137. The van der Waals surface area contributed by atoms with Crippen LogP contribution < -0.4 is 5.32 Å². The van der Waals surface area contributed by atoms with Gasteiger partial charge in [0.2, 0.25) is 0 Å². The average Bonchev–Trinajstić information content (AvgIpc) is 2.37. The highest BCUT2D eigenvalue weighted by Crippen LogP contribution is 2.14. The van der Waals surface area contributed by atoms with E-state index in [0.29, 0.717) is 6.54 Å². The summed E-state index contributed by atoms with van der Waals surface area (Å²) in [5.41, 5.74) is 0. The van der Waals surface area contributed by atoms with Crippen molar-refractivity contribution in [3.8, 4) is 0 Å². The van der Waals surface area contributed by atoms with Gasteiger partial charge in [-0.2, -0.15) is 0 Å². The predicted molar refractivity (Wildman–Crippen MR) is 66.5 cm³/mol. The molecule has 1 atom stereocenters. The SMILES string of the molecule is CN(CCC(=O)O)C(=O)NCCC1CCCCO1. The number of nitrogens with zero attached hydrogens (tertiary/aromatic N) is 1. The Morgan fingerprint density at radius 2 is 2.22 bits per heavy atom. The van der Waals surface area contributed by atoms with E-state index in [1.807, 2.05) is 0 Å². The number of carboxylic acid groups (broad SMARTS) is 1. The normalized spacial score (nSPS) is 19.3. The van der Waals surface area contributed by atoms with Crippen molar-refractivity contribution in [2.24, 2.45) is 0 Å². The minimum atomic E-state index is -0.898. The Hall–Kier alpha value is -1.30. The molecule has 1 fully saturated rings. The number of urea groups is 1. The number of carbonyl (C=O) groups is 2. The highest BCUT2D eigenvalue weighted by atomic mass is 16.5. The number of rotatable bonds is 6. The Morgan fingerprint density at radius 3 is 2.83 bits per heavy atom. The monoisotopic (exact) mass is 258 g/mol. The molecule has 1 aliphatic rings. The second kappa shape index (κ2) is 7.92. The third-order valence-electron chi connectivity index (χ3n) is 3.02. The summed E-state index contributed by atoms with van der Waals surface area (Å²) in [6.45, 7) is 1.61. The van der Waals surface area contributed by atoms with E-state index in [9.17, 15) is 9.59 Å². The lowest BCUT2D eigenvalue weighted by atomic mass is 10.1. The van der Waals surface area contributed by atoms with E-state index >= 15 is 0 Å². The molecule has 0 aromatic rings. The zero-order valence-electron chi connectivity index (χ0n) is 10.9. The first-order chi connectivity index (χ1) is 8.59. The number of ether oxygens (including phenoxy) is 1. The van der Waals surface area contributed by atoms with Gasteiger partial charge in [0.1, 0.15) is 0 Å². The second-order valence-electron chi connectivity index (χ2n) is 4.57. The van der Waals surface area contributed by atoms with Gasteiger partial charge in [0.25, 0.3) is 0 Å². The molecule has 0 saturated carbocycles. The Bertz CT molecular complexity index is 277. The van der Waals surface area contributed by atoms with Crippen molar-refractivity contribution in [2.45, 2.75) is 38.2 Å². The van der Waals surface area contributed by atoms with Crippen molar-refractivity contribution in [3.63, 3.8) is 0 Å². The molecule has 0 aromatic carbocycles. The van der Waals surface area contributed by atoms with E-state index in [2.05, 4.69) is 5.32 Å². The zero-order valence-corrected chi connectivity index (χ0v) is 10.9. The van der Waals surface area contributed by atoms with Crippen molar-refractivity contribution in [1.82, 2.24) is 10.2 Å². The molecule has 18 heavy (non-hydrogen) atoms. The fourth-order valence-corrected chi connectivity index (χ4v) is 1.88. The Kier molecular flexibility index (Phi) is 6.49. The fraction of sp³-hybridized carbons (Fsp3) is 0.833. The van der Waals surface area contributed by atoms with E-state index < -0.39 is 5.97 Å². The van der Waals surface area contributed by atoms with Gasteiger partial charge in [-0.3, -0.25) is 4.79 Å². The van der Waals surface area contributed by atoms with Crippen LogP contribution in [-0.2, 0) is 9.53 Å². The summed E-state index contributed by atoms with van der Waals surface area (Å²) in [6.07, 6.45) is 4.42. The molecular formula is C12H22N2O4. The third-order valence-corrected chi connectivity index (χ3v) is 3.02. The number of carboxylic acids is 1. The van der Waals surface area contributed by atoms with Crippen LogP contribution in [0.4, 0.5) is 4.79 Å². The van der Waals surface area contributed by atoms with Crippen molar-refractivity contribution < 1.29 is 19.4 Å². The van der Waals surface area contributed by atoms with Gasteiger partial charge in [0.15, 0.2) is 0 Å². The smallest absolute Gasteiger partial charge is 0.317 e. The summed E-state index contributed by atoms with van der Waals surface area (Å²) in [7, 11) is 1.59. The molecule has 0 spiro atoms. The summed E-state index contributed by atoms with van der Waals surface area (Å²) < 4.78 is 5.56. The van der Waals surface area contributed by atoms with Gasteiger partial charge >= 0.3 is 12.0 Å². The van der Waals surface area contributed by atoms with Crippen LogP contribution in [0.15, 0.2) is 0 Å². The predicted octanol–water partition coefficient (Wildman–Crippen LogP) is 1.06. The molecule has 1 rings (SSSR count). The number of nitrogens with one attached hydrogen (secondary N) is 1. The van der Waals surface area contributed by atoms with Crippen LogP contribution in [0.3, 0.4) is 0 Å². The van der Waals surface area contributed by atoms with Gasteiger partial charge in [0.05, 0.1) is 12.5 Å². The van der Waals surface area contributed by atoms with E-state index in [-0.39, 0.29) is 25.1 Å². The molecule has 6 heteroatoms. The summed E-state index contributed by atoms with van der Waals surface area (Å²) >= 11 is 0. The van der Waals surface area contributed by atoms with Gasteiger partial charge in [-0.05, 0) is 25.7 Å². The molecule has 1 saturated heterocycles. The first kappa shape index (κ1) is 14.8. The van der Waals surface area contributed by atoms with E-state index in [4.69, 9.17) is 9.84 Å². The maximum Gasteiger partial charge on any atom is 0.317 e. The van der Waals surface area contributed by atoms with E-state index in [1.165, 1.54) is 11.3 Å². The molecule has 1 unspecified atom stereocenters. The minimum absolute atomic E-state index is 0.0321. The largest absolute Gasteiger partial charge is 0.481 e. The van der Waals surface area contributed by atoms with Gasteiger partial charge in [-0.1, -0.05) is 0 Å². The Labute approximate surface area is 107 Å². The first-order valence-electron chi connectivity index (χ1n) is 6.42. The van der Waals surface area contributed by atoms with Crippen molar-refractivity contribution in [2.75, 3.05) is 26.7 Å². The number of hydrogen-bond acceptors (Lipinski definition) is 3. The summed E-state index contributed by atoms with van der Waals surface area (Å²) in [5, 5.41) is 11.3. The lowest BCUT2D eigenvalue weighted by Gasteiger charge is -2.23. The van der Waals surface area contributed by atoms with Crippen LogP contribution in [0.5, 0.6) is 0 Å². The Morgan fingerprint density at radius 1 is 1.44 bits per heavy atom. The first-order valence-corrected chi connectivity index (χ1v) is 6.42. The van der Waals surface area contributed by atoms with Crippen molar-refractivity contribution in [3.05, 3.63) is 0 Å². The fourth-order valence-electron chi connectivity index (χ4n) is 1.88. The molecule has 104 valence electrons. The standard InChI is InChI=1S/C12H22N2O4/c1-14(8-6-11(15)16)12(17)13-7-5-10-4-2-3-9-18-10/h10H,2-9H2,1H3,(H,13,17)(H,15,16). The van der Waals surface area contributed by atoms with Crippen LogP contribution in [0.25, 0.3) is 0 Å². The summed E-state index contributed by atoms with van der Waals surface area (Å²) in [5.74, 6) is -0.898. The van der Waals surface area contributed by atoms with Gasteiger partial charge in [0, 0.05) is 26.7 Å². The van der Waals surface area contributed by atoms with E-state index in [1.54, 1.807) is 7.05 Å². The molecule has 0 bridgehead atoms. The topological polar surface area (TPSA) is 78.9 Å². The molecule has 0 aromatic heterocycles. The summed E-state index contributed by atoms with van der Waals surface area (Å²) in [4.78, 5) is 23.3. The van der Waals surface area contributed by atoms with Gasteiger partial charge in [-0.15, -0.1) is 0 Å². The third kappa shape index (κ3) is 5.86. The zero-order chi connectivity index (χ0) is 13.4. The number of amides is 2. The second-order valence-corrected chi connectivity index (χ2v) is 4.57. The highest BCUT2D eigenvalue weighted by molar-refractivity contribution is 5.74. The number of hydrogen-bond donors (Lipinski definition) is 2. The average molecular weight is 258 g/mol. The van der Waals surface area contributed by atoms with Crippen LogP contribution in [0.1, 0.15) is 32.1 Å². The molecule has 1 aliphatic heterocycles. The molecule has 6 nitrogen and oxygen atoms in total. The quantitative estimate of drug-likeness (QED) is 0.746. The maximum atomic E-state index is 11.6. The van der Waals surface area contributed by atoms with Crippen LogP contribution in [0, 0.1) is 0 Å². The van der Waals surface area contributed by atoms with Crippen LogP contribution in [-0.4, -0.2) is 54.9 Å². The highest BCUT2D eigenvalue weighted by Gasteiger charge is 2.14. The number of aliphatic carboxylic acids is 1. The molecule has 0 radical (unpaired) electrons.